The summed E-state index contributed by atoms with van der Waals surface area (Å²) in [4.78, 5) is 13.9. The first-order chi connectivity index (χ1) is 10.8. The molecule has 5 nitrogen and oxygen atoms in total. The molecule has 0 aromatic heterocycles. The Morgan fingerprint density at radius 3 is 2.39 bits per heavy atom. The Kier molecular flexibility index (Phi) is 5.00. The van der Waals surface area contributed by atoms with Crippen molar-refractivity contribution in [1.82, 2.24) is 4.90 Å². The van der Waals surface area contributed by atoms with E-state index in [0.717, 1.165) is 6.26 Å². The Morgan fingerprint density at radius 2 is 1.74 bits per heavy atom. The number of benzene rings is 2. The van der Waals surface area contributed by atoms with Crippen LogP contribution in [0.3, 0.4) is 0 Å². The molecule has 0 unspecified atom stereocenters. The number of carbonyl (C=O) groups is 1. The zero-order valence-electron chi connectivity index (χ0n) is 12.8. The highest BCUT2D eigenvalue weighted by Gasteiger charge is 2.18. The van der Waals surface area contributed by atoms with E-state index in [1.54, 1.807) is 30.3 Å². The summed E-state index contributed by atoms with van der Waals surface area (Å²) in [6, 6.07) is 12.5. The van der Waals surface area contributed by atoms with Gasteiger partial charge in [-0.15, -0.1) is 0 Å². The van der Waals surface area contributed by atoms with Crippen LogP contribution in [-0.4, -0.2) is 32.5 Å². The maximum absolute atomic E-state index is 13.7. The van der Waals surface area contributed by atoms with Crippen LogP contribution in [-0.2, 0) is 16.6 Å². The smallest absolute Gasteiger partial charge is 0.256 e. The van der Waals surface area contributed by atoms with Crippen molar-refractivity contribution >= 4 is 21.6 Å². The van der Waals surface area contributed by atoms with Crippen molar-refractivity contribution in [2.45, 2.75) is 6.54 Å². The molecule has 0 radical (unpaired) electrons. The van der Waals surface area contributed by atoms with Crippen LogP contribution in [0.4, 0.5) is 10.1 Å². The Morgan fingerprint density at radius 1 is 1.13 bits per heavy atom. The van der Waals surface area contributed by atoms with E-state index in [9.17, 15) is 17.6 Å². The third-order valence-corrected chi connectivity index (χ3v) is 3.76. The summed E-state index contributed by atoms with van der Waals surface area (Å²) in [5.74, 6) is -0.797. The second-order valence-corrected chi connectivity index (χ2v) is 6.92. The van der Waals surface area contributed by atoms with Crippen LogP contribution in [0.25, 0.3) is 0 Å². The van der Waals surface area contributed by atoms with Crippen LogP contribution in [0.15, 0.2) is 48.5 Å². The van der Waals surface area contributed by atoms with Crippen molar-refractivity contribution in [3.8, 4) is 0 Å². The fourth-order valence-corrected chi connectivity index (χ4v) is 2.70. The predicted molar refractivity (Wildman–Crippen MR) is 87.1 cm³/mol. The molecule has 0 aliphatic heterocycles. The maximum atomic E-state index is 13.7. The van der Waals surface area contributed by atoms with Crippen LogP contribution in [0, 0.1) is 5.82 Å². The van der Waals surface area contributed by atoms with Crippen molar-refractivity contribution in [1.29, 1.82) is 0 Å². The molecule has 122 valence electrons. The molecule has 0 fully saturated rings. The normalized spacial score (nSPS) is 11.1. The molecule has 23 heavy (non-hydrogen) atoms. The van der Waals surface area contributed by atoms with E-state index < -0.39 is 21.7 Å². The predicted octanol–water partition coefficient (Wildman–Crippen LogP) is 2.47. The first-order valence-electron chi connectivity index (χ1n) is 6.83. The molecule has 1 N–H and O–H groups in total. The molecule has 0 aliphatic carbocycles. The van der Waals surface area contributed by atoms with Gasteiger partial charge in [0.05, 0.1) is 17.5 Å². The maximum Gasteiger partial charge on any atom is 0.256 e. The number of nitrogens with zero attached hydrogens (tertiary/aromatic N) is 1. The van der Waals surface area contributed by atoms with E-state index in [-0.39, 0.29) is 17.8 Å². The molecule has 7 heteroatoms. The Labute approximate surface area is 134 Å². The highest BCUT2D eigenvalue weighted by molar-refractivity contribution is 7.92. The molecule has 0 atom stereocenters. The van der Waals surface area contributed by atoms with Gasteiger partial charge in [-0.2, -0.15) is 0 Å². The summed E-state index contributed by atoms with van der Waals surface area (Å²) in [6.45, 7) is 0.0821. The number of anilines is 1. The number of rotatable bonds is 5. The van der Waals surface area contributed by atoms with Gasteiger partial charge in [-0.25, -0.2) is 12.8 Å². The summed E-state index contributed by atoms with van der Waals surface area (Å²) >= 11 is 0. The van der Waals surface area contributed by atoms with Crippen LogP contribution in [0.5, 0.6) is 0 Å². The highest BCUT2D eigenvalue weighted by Crippen LogP contribution is 2.19. The van der Waals surface area contributed by atoms with Gasteiger partial charge in [-0.3, -0.25) is 9.52 Å². The third-order valence-electron chi connectivity index (χ3n) is 3.16. The quantitative estimate of drug-likeness (QED) is 0.912. The zero-order chi connectivity index (χ0) is 17.0. The molecular formula is C16H17FN2O3S. The van der Waals surface area contributed by atoms with Crippen LogP contribution in [0.2, 0.25) is 0 Å². The number of para-hydroxylation sites is 1. The average molecular weight is 336 g/mol. The monoisotopic (exact) mass is 336 g/mol. The molecule has 0 spiro atoms. The zero-order valence-corrected chi connectivity index (χ0v) is 13.6. The second-order valence-electron chi connectivity index (χ2n) is 5.17. The minimum Gasteiger partial charge on any atom is -0.337 e. The lowest BCUT2D eigenvalue weighted by atomic mass is 10.1. The molecular weight excluding hydrogens is 319 g/mol. The topological polar surface area (TPSA) is 66.5 Å². The lowest BCUT2D eigenvalue weighted by Gasteiger charge is -2.19. The SMILES string of the molecule is CN(Cc1ccccc1F)C(=O)c1ccccc1NS(C)(=O)=O. The average Bonchev–Trinajstić information content (AvgIpc) is 2.48. The summed E-state index contributed by atoms with van der Waals surface area (Å²) < 4.78 is 38.8. The van der Waals surface area contributed by atoms with Crippen molar-refractivity contribution in [3.05, 3.63) is 65.5 Å². The largest absolute Gasteiger partial charge is 0.337 e. The van der Waals surface area contributed by atoms with Crippen molar-refractivity contribution in [3.63, 3.8) is 0 Å². The van der Waals surface area contributed by atoms with Crippen LogP contribution >= 0.6 is 0 Å². The third kappa shape index (κ3) is 4.53. The summed E-state index contributed by atoms with van der Waals surface area (Å²) in [5.41, 5.74) is 0.786. The van der Waals surface area contributed by atoms with Crippen molar-refractivity contribution in [2.75, 3.05) is 18.0 Å². The van der Waals surface area contributed by atoms with E-state index in [4.69, 9.17) is 0 Å². The minimum absolute atomic E-state index is 0.0821. The van der Waals surface area contributed by atoms with Crippen LogP contribution < -0.4 is 4.72 Å². The van der Waals surface area contributed by atoms with Gasteiger partial charge in [0, 0.05) is 19.2 Å². The standard InChI is InChI=1S/C16H17FN2O3S/c1-19(11-12-7-3-5-9-14(12)17)16(20)13-8-4-6-10-15(13)18-23(2,21)22/h3-10,18H,11H2,1-2H3. The van der Waals surface area contributed by atoms with Gasteiger partial charge in [0.1, 0.15) is 5.82 Å². The second kappa shape index (κ2) is 6.78. The molecule has 0 saturated carbocycles. The Balaban J connectivity index is 2.25. The van der Waals surface area contributed by atoms with E-state index in [2.05, 4.69) is 4.72 Å². The molecule has 0 saturated heterocycles. The molecule has 2 aromatic rings. The summed E-state index contributed by atoms with van der Waals surface area (Å²) in [6.07, 6.45) is 1.01. The minimum atomic E-state index is -3.51. The number of hydrogen-bond acceptors (Lipinski definition) is 3. The number of hydrogen-bond donors (Lipinski definition) is 1. The van der Waals surface area contributed by atoms with Crippen LogP contribution in [0.1, 0.15) is 15.9 Å². The molecule has 2 aromatic carbocycles. The number of halogens is 1. The summed E-state index contributed by atoms with van der Waals surface area (Å²) in [7, 11) is -1.97. The van der Waals surface area contributed by atoms with Gasteiger partial charge >= 0.3 is 0 Å². The van der Waals surface area contributed by atoms with E-state index in [1.165, 1.54) is 30.1 Å². The number of amides is 1. The Bertz CT molecular complexity index is 822. The van der Waals surface area contributed by atoms with Gasteiger partial charge in [-0.05, 0) is 18.2 Å². The first-order valence-corrected chi connectivity index (χ1v) is 8.73. The lowest BCUT2D eigenvalue weighted by Crippen LogP contribution is -2.27. The van der Waals surface area contributed by atoms with E-state index >= 15 is 0 Å². The van der Waals surface area contributed by atoms with Gasteiger partial charge in [0.25, 0.3) is 5.91 Å². The molecule has 0 bridgehead atoms. The fraction of sp³-hybridized carbons (Fsp3) is 0.188. The molecule has 1 amide bonds. The van der Waals surface area contributed by atoms with Gasteiger partial charge < -0.3 is 4.90 Å². The van der Waals surface area contributed by atoms with Gasteiger partial charge in [0.2, 0.25) is 10.0 Å². The van der Waals surface area contributed by atoms with E-state index in [1.807, 2.05) is 0 Å². The van der Waals surface area contributed by atoms with Gasteiger partial charge in [0.15, 0.2) is 0 Å². The van der Waals surface area contributed by atoms with Crippen molar-refractivity contribution < 1.29 is 17.6 Å². The van der Waals surface area contributed by atoms with Crippen molar-refractivity contribution in [2.24, 2.45) is 0 Å². The molecule has 0 heterocycles. The Hall–Kier alpha value is -2.41. The van der Waals surface area contributed by atoms with Gasteiger partial charge in [-0.1, -0.05) is 30.3 Å². The number of carbonyl (C=O) groups excluding carboxylic acids is 1. The van der Waals surface area contributed by atoms with E-state index in [0.29, 0.717) is 5.56 Å². The lowest BCUT2D eigenvalue weighted by molar-refractivity contribution is 0.0785. The molecule has 0 aliphatic rings. The number of sulfonamides is 1. The summed E-state index contributed by atoms with van der Waals surface area (Å²) in [5, 5.41) is 0. The first kappa shape index (κ1) is 17.0. The highest BCUT2D eigenvalue weighted by atomic mass is 32.2. The molecule has 2 rings (SSSR count). The fourth-order valence-electron chi connectivity index (χ4n) is 2.12. The number of nitrogens with one attached hydrogen (secondary N) is 1.